The van der Waals surface area contributed by atoms with Gasteiger partial charge in [-0.1, -0.05) is 12.1 Å². The molecule has 0 bridgehead atoms. The molecule has 3 rings (SSSR count). The van der Waals surface area contributed by atoms with Gasteiger partial charge in [0.2, 0.25) is 0 Å². The van der Waals surface area contributed by atoms with Crippen molar-refractivity contribution in [3.8, 4) is 5.75 Å². The molecule has 2 aliphatic heterocycles. The molecule has 2 N–H and O–H groups in total. The largest absolute Gasteiger partial charge is 0.495 e. The molecule has 0 spiro atoms. The van der Waals surface area contributed by atoms with Gasteiger partial charge in [0.25, 0.3) is 6.02 Å². The molecule has 6 heteroatoms. The third-order valence-corrected chi connectivity index (χ3v) is 4.00. The van der Waals surface area contributed by atoms with Gasteiger partial charge < -0.3 is 20.1 Å². The summed E-state index contributed by atoms with van der Waals surface area (Å²) in [6.45, 7) is 5.57. The van der Waals surface area contributed by atoms with Crippen molar-refractivity contribution in [1.29, 1.82) is 0 Å². The molecule has 0 radical (unpaired) electrons. The third kappa shape index (κ3) is 3.21. The van der Waals surface area contributed by atoms with Crippen molar-refractivity contribution in [2.24, 2.45) is 10.7 Å². The fraction of sp³-hybridized carbons (Fsp3) is 0.533. The van der Waals surface area contributed by atoms with E-state index in [1.165, 1.54) is 5.69 Å². The molecule has 2 aliphatic rings. The average Bonchev–Trinajstić information content (AvgIpc) is 2.93. The molecule has 1 aromatic carbocycles. The monoisotopic (exact) mass is 290 g/mol. The molecule has 0 amide bonds. The van der Waals surface area contributed by atoms with Gasteiger partial charge in [-0.2, -0.15) is 0 Å². The predicted octanol–water partition coefficient (Wildman–Crippen LogP) is 0.531. The van der Waals surface area contributed by atoms with E-state index in [1.807, 2.05) is 12.1 Å². The van der Waals surface area contributed by atoms with E-state index in [1.54, 1.807) is 7.11 Å². The van der Waals surface area contributed by atoms with Gasteiger partial charge in [-0.25, -0.2) is 4.99 Å². The van der Waals surface area contributed by atoms with Crippen molar-refractivity contribution in [1.82, 2.24) is 4.90 Å². The van der Waals surface area contributed by atoms with Crippen LogP contribution in [0.4, 0.5) is 5.69 Å². The first kappa shape index (κ1) is 14.0. The predicted molar refractivity (Wildman–Crippen MR) is 83.0 cm³/mol. The molecule has 0 aliphatic carbocycles. The summed E-state index contributed by atoms with van der Waals surface area (Å²) in [5.74, 6) is 0.936. The number of ether oxygens (including phenoxy) is 2. The standard InChI is InChI=1S/C15H22N4O2/c1-20-14-5-3-2-4-13(14)19-8-6-18(7-9-19)11-12-10-17-15(16)21-12/h2-5,12H,6-11H2,1H3,(H2,16,17). The lowest BCUT2D eigenvalue weighted by molar-refractivity contribution is 0.139. The van der Waals surface area contributed by atoms with Gasteiger partial charge in [0.1, 0.15) is 11.9 Å². The summed E-state index contributed by atoms with van der Waals surface area (Å²) in [7, 11) is 1.72. The van der Waals surface area contributed by atoms with Crippen LogP contribution in [0.3, 0.4) is 0 Å². The number of hydrogen-bond donors (Lipinski definition) is 1. The quantitative estimate of drug-likeness (QED) is 0.876. The van der Waals surface area contributed by atoms with E-state index in [4.69, 9.17) is 15.2 Å². The number of para-hydroxylation sites is 2. The molecular weight excluding hydrogens is 268 g/mol. The zero-order valence-corrected chi connectivity index (χ0v) is 12.4. The Balaban J connectivity index is 1.53. The maximum absolute atomic E-state index is 5.55. The van der Waals surface area contributed by atoms with Crippen LogP contribution in [0.2, 0.25) is 0 Å². The van der Waals surface area contributed by atoms with E-state index in [2.05, 4.69) is 26.9 Å². The number of hydrogen-bond acceptors (Lipinski definition) is 6. The Morgan fingerprint density at radius 2 is 2.05 bits per heavy atom. The fourth-order valence-electron chi connectivity index (χ4n) is 2.88. The zero-order chi connectivity index (χ0) is 14.7. The highest BCUT2D eigenvalue weighted by Crippen LogP contribution is 2.28. The second kappa shape index (κ2) is 6.22. The van der Waals surface area contributed by atoms with Gasteiger partial charge in [-0.3, -0.25) is 4.90 Å². The number of nitrogens with zero attached hydrogens (tertiary/aromatic N) is 3. The Bertz CT molecular complexity index is 512. The normalized spacial score (nSPS) is 22.8. The van der Waals surface area contributed by atoms with Crippen molar-refractivity contribution >= 4 is 11.7 Å². The summed E-state index contributed by atoms with van der Waals surface area (Å²) >= 11 is 0. The van der Waals surface area contributed by atoms with Crippen LogP contribution >= 0.6 is 0 Å². The number of amidine groups is 1. The number of piperazine rings is 1. The molecule has 1 saturated heterocycles. The highest BCUT2D eigenvalue weighted by Gasteiger charge is 2.24. The minimum Gasteiger partial charge on any atom is -0.495 e. The Hall–Kier alpha value is -1.95. The lowest BCUT2D eigenvalue weighted by atomic mass is 10.2. The van der Waals surface area contributed by atoms with Crippen LogP contribution < -0.4 is 15.4 Å². The smallest absolute Gasteiger partial charge is 0.282 e. The van der Waals surface area contributed by atoms with E-state index >= 15 is 0 Å². The van der Waals surface area contributed by atoms with Crippen LogP contribution in [0.15, 0.2) is 29.3 Å². The summed E-state index contributed by atoms with van der Waals surface area (Å²) in [6, 6.07) is 8.50. The highest BCUT2D eigenvalue weighted by atomic mass is 16.5. The minimum absolute atomic E-state index is 0.114. The lowest BCUT2D eigenvalue weighted by Gasteiger charge is -2.37. The molecule has 2 heterocycles. The molecule has 0 saturated carbocycles. The van der Waals surface area contributed by atoms with Gasteiger partial charge in [0.15, 0.2) is 0 Å². The minimum atomic E-state index is 0.114. The van der Waals surface area contributed by atoms with Gasteiger partial charge in [-0.05, 0) is 12.1 Å². The summed E-state index contributed by atoms with van der Waals surface area (Å²) in [5, 5.41) is 0. The van der Waals surface area contributed by atoms with Crippen LogP contribution in [0, 0.1) is 0 Å². The number of methoxy groups -OCH3 is 1. The van der Waals surface area contributed by atoms with Crippen LogP contribution in [0.1, 0.15) is 0 Å². The number of rotatable bonds is 4. The van der Waals surface area contributed by atoms with Crippen LogP contribution in [-0.4, -0.2) is 63.4 Å². The van der Waals surface area contributed by atoms with E-state index in [0.717, 1.165) is 38.5 Å². The van der Waals surface area contributed by atoms with Gasteiger partial charge in [0.05, 0.1) is 19.3 Å². The molecular formula is C15H22N4O2. The fourth-order valence-corrected chi connectivity index (χ4v) is 2.88. The first-order valence-corrected chi connectivity index (χ1v) is 7.33. The molecule has 114 valence electrons. The summed E-state index contributed by atoms with van der Waals surface area (Å²) in [5.41, 5.74) is 6.72. The molecule has 1 unspecified atom stereocenters. The number of anilines is 1. The Labute approximate surface area is 125 Å². The summed E-state index contributed by atoms with van der Waals surface area (Å²) in [4.78, 5) is 8.87. The average molecular weight is 290 g/mol. The van der Waals surface area contributed by atoms with Crippen molar-refractivity contribution in [3.05, 3.63) is 24.3 Å². The second-order valence-corrected chi connectivity index (χ2v) is 5.38. The summed E-state index contributed by atoms with van der Waals surface area (Å²) < 4.78 is 10.9. The molecule has 21 heavy (non-hydrogen) atoms. The Morgan fingerprint density at radius 3 is 2.71 bits per heavy atom. The Morgan fingerprint density at radius 1 is 1.29 bits per heavy atom. The first-order valence-electron chi connectivity index (χ1n) is 7.33. The van der Waals surface area contributed by atoms with Crippen LogP contribution in [0.5, 0.6) is 5.75 Å². The van der Waals surface area contributed by atoms with Gasteiger partial charge in [0, 0.05) is 32.7 Å². The molecule has 1 aromatic rings. The number of aliphatic imine (C=N–C) groups is 1. The number of benzene rings is 1. The first-order chi connectivity index (χ1) is 10.3. The molecule has 6 nitrogen and oxygen atoms in total. The second-order valence-electron chi connectivity index (χ2n) is 5.38. The molecule has 1 fully saturated rings. The lowest BCUT2D eigenvalue weighted by Crippen LogP contribution is -2.49. The highest BCUT2D eigenvalue weighted by molar-refractivity contribution is 5.73. The van der Waals surface area contributed by atoms with Crippen LogP contribution in [0.25, 0.3) is 0 Å². The topological polar surface area (TPSA) is 63.3 Å². The van der Waals surface area contributed by atoms with E-state index < -0.39 is 0 Å². The maximum atomic E-state index is 5.55. The van der Waals surface area contributed by atoms with Crippen molar-refractivity contribution in [2.45, 2.75) is 6.10 Å². The SMILES string of the molecule is COc1ccccc1N1CCN(CC2CN=C(N)O2)CC1. The third-order valence-electron chi connectivity index (χ3n) is 4.00. The maximum Gasteiger partial charge on any atom is 0.282 e. The van der Waals surface area contributed by atoms with Gasteiger partial charge in [-0.15, -0.1) is 0 Å². The van der Waals surface area contributed by atoms with E-state index in [-0.39, 0.29) is 6.10 Å². The molecule has 1 atom stereocenters. The Kier molecular flexibility index (Phi) is 4.15. The van der Waals surface area contributed by atoms with E-state index in [9.17, 15) is 0 Å². The zero-order valence-electron chi connectivity index (χ0n) is 12.4. The molecule has 0 aromatic heterocycles. The van der Waals surface area contributed by atoms with Crippen LogP contribution in [-0.2, 0) is 4.74 Å². The van der Waals surface area contributed by atoms with Crippen molar-refractivity contribution < 1.29 is 9.47 Å². The van der Waals surface area contributed by atoms with Gasteiger partial charge >= 0.3 is 0 Å². The number of nitrogens with two attached hydrogens (primary N) is 1. The van der Waals surface area contributed by atoms with Crippen molar-refractivity contribution in [2.75, 3.05) is 51.3 Å². The summed E-state index contributed by atoms with van der Waals surface area (Å²) in [6.07, 6.45) is 0.114. The van der Waals surface area contributed by atoms with E-state index in [0.29, 0.717) is 12.6 Å². The van der Waals surface area contributed by atoms with Crippen molar-refractivity contribution in [3.63, 3.8) is 0 Å².